The van der Waals surface area contributed by atoms with Gasteiger partial charge in [0.1, 0.15) is 11.5 Å². The minimum Gasteiger partial charge on any atom is -0.466 e. The van der Waals surface area contributed by atoms with Gasteiger partial charge in [-0.1, -0.05) is 27.2 Å². The van der Waals surface area contributed by atoms with Gasteiger partial charge in [-0.05, 0) is 50.6 Å². The van der Waals surface area contributed by atoms with Gasteiger partial charge in [-0.2, -0.15) is 0 Å². The lowest BCUT2D eigenvalue weighted by atomic mass is 9.75. The smallest absolute Gasteiger partial charge is 0.105 e. The molecule has 0 bridgehead atoms. The molecule has 1 aliphatic rings. The third kappa shape index (κ3) is 2.49. The highest BCUT2D eigenvalue weighted by molar-refractivity contribution is 5.25. The molecule has 1 heterocycles. The van der Waals surface area contributed by atoms with Crippen LogP contribution >= 0.6 is 0 Å². The molecule has 1 saturated carbocycles. The fourth-order valence-electron chi connectivity index (χ4n) is 3.62. The highest BCUT2D eigenvalue weighted by atomic mass is 16.3. The van der Waals surface area contributed by atoms with Crippen LogP contribution in [0.25, 0.3) is 0 Å². The number of nitrogens with one attached hydrogen (secondary N) is 1. The largest absolute Gasteiger partial charge is 0.466 e. The fraction of sp³-hybridized carbons (Fsp3) is 0.750. The first-order valence-corrected chi connectivity index (χ1v) is 7.26. The normalized spacial score (nSPS) is 24.4. The maximum absolute atomic E-state index is 5.73. The van der Waals surface area contributed by atoms with Gasteiger partial charge in [0, 0.05) is 11.6 Å². The third-order valence-corrected chi connectivity index (χ3v) is 4.58. The van der Waals surface area contributed by atoms with Crippen LogP contribution < -0.4 is 5.32 Å². The Labute approximate surface area is 111 Å². The number of aryl methyl sites for hydroxylation is 2. The molecule has 0 radical (unpaired) electrons. The Balaban J connectivity index is 2.31. The summed E-state index contributed by atoms with van der Waals surface area (Å²) in [5.74, 6) is 2.83. The lowest BCUT2D eigenvalue weighted by molar-refractivity contribution is 0.198. The summed E-state index contributed by atoms with van der Waals surface area (Å²) in [5.41, 5.74) is 1.80. The molecule has 0 spiro atoms. The Hall–Kier alpha value is -0.760. The quantitative estimate of drug-likeness (QED) is 0.857. The molecule has 1 aromatic heterocycles. The summed E-state index contributed by atoms with van der Waals surface area (Å²) >= 11 is 0. The van der Waals surface area contributed by atoms with Gasteiger partial charge in [0.05, 0.1) is 0 Å². The summed E-state index contributed by atoms with van der Waals surface area (Å²) in [7, 11) is 0. The van der Waals surface area contributed by atoms with Crippen molar-refractivity contribution in [3.8, 4) is 0 Å². The summed E-state index contributed by atoms with van der Waals surface area (Å²) in [6.45, 7) is 12.2. The van der Waals surface area contributed by atoms with E-state index >= 15 is 0 Å². The van der Waals surface area contributed by atoms with Gasteiger partial charge in [-0.25, -0.2) is 0 Å². The standard InChI is InChI=1S/C16H27NO/c1-6-17-15(13-10-11(2)18-12(13)3)14-8-7-9-16(14,4)5/h10,14-15,17H,6-9H2,1-5H3. The topological polar surface area (TPSA) is 25.2 Å². The van der Waals surface area contributed by atoms with Crippen molar-refractivity contribution in [2.75, 3.05) is 6.54 Å². The van der Waals surface area contributed by atoms with Gasteiger partial charge in [-0.15, -0.1) is 0 Å². The van der Waals surface area contributed by atoms with E-state index in [4.69, 9.17) is 4.42 Å². The molecule has 2 unspecified atom stereocenters. The maximum atomic E-state index is 5.73. The average molecular weight is 249 g/mol. The zero-order valence-electron chi connectivity index (χ0n) is 12.5. The van der Waals surface area contributed by atoms with Crippen molar-refractivity contribution >= 4 is 0 Å². The summed E-state index contributed by atoms with van der Waals surface area (Å²) < 4.78 is 5.73. The number of hydrogen-bond donors (Lipinski definition) is 1. The molecule has 2 heteroatoms. The predicted molar refractivity (Wildman–Crippen MR) is 75.7 cm³/mol. The number of hydrogen-bond acceptors (Lipinski definition) is 2. The first-order chi connectivity index (χ1) is 8.45. The van der Waals surface area contributed by atoms with Crippen molar-refractivity contribution in [3.05, 3.63) is 23.2 Å². The second-order valence-corrected chi connectivity index (χ2v) is 6.39. The van der Waals surface area contributed by atoms with E-state index in [-0.39, 0.29) is 0 Å². The summed E-state index contributed by atoms with van der Waals surface area (Å²) in [5, 5.41) is 3.69. The highest BCUT2D eigenvalue weighted by Gasteiger charge is 2.40. The van der Waals surface area contributed by atoms with Crippen molar-refractivity contribution in [2.24, 2.45) is 11.3 Å². The van der Waals surface area contributed by atoms with Gasteiger partial charge in [0.25, 0.3) is 0 Å². The summed E-state index contributed by atoms with van der Waals surface area (Å²) in [4.78, 5) is 0. The molecule has 0 amide bonds. The van der Waals surface area contributed by atoms with Crippen LogP contribution in [-0.2, 0) is 0 Å². The van der Waals surface area contributed by atoms with E-state index < -0.39 is 0 Å². The van der Waals surface area contributed by atoms with Gasteiger partial charge in [0.2, 0.25) is 0 Å². The molecule has 1 aromatic rings. The Kier molecular flexibility index (Phi) is 3.86. The van der Waals surface area contributed by atoms with Crippen molar-refractivity contribution in [2.45, 2.75) is 59.9 Å². The molecule has 1 aliphatic carbocycles. The van der Waals surface area contributed by atoms with Crippen molar-refractivity contribution in [1.29, 1.82) is 0 Å². The molecule has 102 valence electrons. The Morgan fingerprint density at radius 3 is 2.61 bits per heavy atom. The molecular formula is C16H27NO. The molecule has 0 aromatic carbocycles. The molecule has 0 saturated heterocycles. The highest BCUT2D eigenvalue weighted by Crippen LogP contribution is 2.49. The first-order valence-electron chi connectivity index (χ1n) is 7.26. The van der Waals surface area contributed by atoms with Crippen LogP contribution in [0.2, 0.25) is 0 Å². The van der Waals surface area contributed by atoms with E-state index in [1.165, 1.54) is 24.8 Å². The number of furan rings is 1. The average Bonchev–Trinajstić information content (AvgIpc) is 2.78. The van der Waals surface area contributed by atoms with E-state index in [1.54, 1.807) is 0 Å². The molecule has 2 rings (SSSR count). The molecule has 1 fully saturated rings. The molecule has 18 heavy (non-hydrogen) atoms. The van der Waals surface area contributed by atoms with Crippen LogP contribution in [0, 0.1) is 25.2 Å². The van der Waals surface area contributed by atoms with E-state index in [1.807, 2.05) is 6.92 Å². The fourth-order valence-corrected chi connectivity index (χ4v) is 3.62. The van der Waals surface area contributed by atoms with Gasteiger partial charge in [-0.3, -0.25) is 0 Å². The van der Waals surface area contributed by atoms with Gasteiger partial charge in [0.15, 0.2) is 0 Å². The third-order valence-electron chi connectivity index (χ3n) is 4.58. The summed E-state index contributed by atoms with van der Waals surface area (Å²) in [6, 6.07) is 2.67. The van der Waals surface area contributed by atoms with Crippen LogP contribution in [0.1, 0.15) is 63.2 Å². The van der Waals surface area contributed by atoms with Crippen molar-refractivity contribution in [1.82, 2.24) is 5.32 Å². The predicted octanol–water partition coefficient (Wildman–Crippen LogP) is 4.37. The Morgan fingerprint density at radius 1 is 1.44 bits per heavy atom. The zero-order chi connectivity index (χ0) is 13.3. The van der Waals surface area contributed by atoms with Crippen LogP contribution in [0.4, 0.5) is 0 Å². The molecule has 2 nitrogen and oxygen atoms in total. The maximum Gasteiger partial charge on any atom is 0.105 e. The lowest BCUT2D eigenvalue weighted by Crippen LogP contribution is -2.34. The monoisotopic (exact) mass is 249 g/mol. The Bertz CT molecular complexity index is 405. The van der Waals surface area contributed by atoms with Crippen LogP contribution in [0.15, 0.2) is 10.5 Å². The SMILES string of the molecule is CCNC(c1cc(C)oc1C)C1CCCC1(C)C. The first kappa shape index (κ1) is 13.7. The second-order valence-electron chi connectivity index (χ2n) is 6.39. The molecule has 0 aliphatic heterocycles. The van der Waals surface area contributed by atoms with E-state index in [9.17, 15) is 0 Å². The Morgan fingerprint density at radius 2 is 2.17 bits per heavy atom. The summed E-state index contributed by atoms with van der Waals surface area (Å²) in [6.07, 6.45) is 4.03. The van der Waals surface area contributed by atoms with Crippen LogP contribution in [-0.4, -0.2) is 6.54 Å². The van der Waals surface area contributed by atoms with E-state index in [0.29, 0.717) is 17.4 Å². The minimum absolute atomic E-state index is 0.435. The molecule has 1 N–H and O–H groups in total. The van der Waals surface area contributed by atoms with Crippen molar-refractivity contribution < 1.29 is 4.42 Å². The number of rotatable bonds is 4. The van der Waals surface area contributed by atoms with Gasteiger partial charge >= 0.3 is 0 Å². The molecular weight excluding hydrogens is 222 g/mol. The molecule has 2 atom stereocenters. The lowest BCUT2D eigenvalue weighted by Gasteiger charge is -2.34. The van der Waals surface area contributed by atoms with Crippen LogP contribution in [0.3, 0.4) is 0 Å². The zero-order valence-corrected chi connectivity index (χ0v) is 12.5. The van der Waals surface area contributed by atoms with E-state index in [2.05, 4.69) is 39.1 Å². The second kappa shape index (κ2) is 5.08. The van der Waals surface area contributed by atoms with Crippen molar-refractivity contribution in [3.63, 3.8) is 0 Å². The minimum atomic E-state index is 0.435. The van der Waals surface area contributed by atoms with Crippen LogP contribution in [0.5, 0.6) is 0 Å². The van der Waals surface area contributed by atoms with E-state index in [0.717, 1.165) is 18.1 Å². The van der Waals surface area contributed by atoms with Gasteiger partial charge < -0.3 is 9.73 Å².